The lowest BCUT2D eigenvalue weighted by molar-refractivity contribution is -0.114. The molecule has 102 valence electrons. The van der Waals surface area contributed by atoms with Gasteiger partial charge in [-0.25, -0.2) is 4.79 Å². The molecule has 4 nitrogen and oxygen atoms in total. The normalized spacial score (nSPS) is 17.8. The van der Waals surface area contributed by atoms with Gasteiger partial charge in [0.2, 0.25) is 0 Å². The Balaban J connectivity index is 2.08. The summed E-state index contributed by atoms with van der Waals surface area (Å²) in [5.74, 6) is 0. The second kappa shape index (κ2) is 5.87. The number of aldehydes is 1. The first-order valence-corrected chi connectivity index (χ1v) is 6.65. The maximum Gasteiger partial charge on any atom is 0.409 e. The largest absolute Gasteiger partial charge is 0.450 e. The molecule has 2 rings (SSSR count). The van der Waals surface area contributed by atoms with E-state index in [9.17, 15) is 9.59 Å². The van der Waals surface area contributed by atoms with Gasteiger partial charge in [-0.1, -0.05) is 30.3 Å². The molecular formula is C15H19NO3. The van der Waals surface area contributed by atoms with E-state index in [1.807, 2.05) is 30.3 Å². The van der Waals surface area contributed by atoms with Crippen molar-refractivity contribution < 1.29 is 14.3 Å². The highest BCUT2D eigenvalue weighted by molar-refractivity contribution is 5.71. The van der Waals surface area contributed by atoms with E-state index in [-0.39, 0.29) is 6.09 Å². The molecule has 1 saturated heterocycles. The molecule has 0 bridgehead atoms. The van der Waals surface area contributed by atoms with Crippen molar-refractivity contribution in [1.29, 1.82) is 0 Å². The number of benzene rings is 1. The van der Waals surface area contributed by atoms with Crippen LogP contribution in [0.3, 0.4) is 0 Å². The molecular weight excluding hydrogens is 242 g/mol. The third kappa shape index (κ3) is 2.78. The van der Waals surface area contributed by atoms with Crippen molar-refractivity contribution in [2.24, 2.45) is 0 Å². The summed E-state index contributed by atoms with van der Waals surface area (Å²) in [5, 5.41) is 0. The molecule has 1 aromatic carbocycles. The van der Waals surface area contributed by atoms with E-state index in [2.05, 4.69) is 0 Å². The number of hydrogen-bond acceptors (Lipinski definition) is 3. The summed E-state index contributed by atoms with van der Waals surface area (Å²) in [6.45, 7) is 3.30. The number of piperidine rings is 1. The Morgan fingerprint density at radius 2 is 1.95 bits per heavy atom. The van der Waals surface area contributed by atoms with Crippen molar-refractivity contribution in [3.8, 4) is 0 Å². The number of hydrogen-bond donors (Lipinski definition) is 0. The number of nitrogens with zero attached hydrogens (tertiary/aromatic N) is 1. The van der Waals surface area contributed by atoms with Gasteiger partial charge in [0.15, 0.2) is 0 Å². The lowest BCUT2D eigenvalue weighted by Crippen LogP contribution is -2.46. The van der Waals surface area contributed by atoms with E-state index in [1.54, 1.807) is 11.8 Å². The maximum atomic E-state index is 11.6. The third-order valence-corrected chi connectivity index (χ3v) is 3.76. The minimum Gasteiger partial charge on any atom is -0.450 e. The summed E-state index contributed by atoms with van der Waals surface area (Å²) in [7, 11) is 0. The first-order valence-electron chi connectivity index (χ1n) is 6.65. The second-order valence-electron chi connectivity index (χ2n) is 4.83. The Kier molecular flexibility index (Phi) is 4.20. The van der Waals surface area contributed by atoms with Crippen LogP contribution in [0.4, 0.5) is 4.79 Å². The molecule has 0 atom stereocenters. The van der Waals surface area contributed by atoms with Gasteiger partial charge < -0.3 is 14.4 Å². The molecule has 0 spiro atoms. The number of ether oxygens (including phenoxy) is 1. The van der Waals surface area contributed by atoms with Gasteiger partial charge in [-0.2, -0.15) is 0 Å². The minimum atomic E-state index is -0.454. The topological polar surface area (TPSA) is 46.6 Å². The molecule has 0 unspecified atom stereocenters. The fourth-order valence-corrected chi connectivity index (χ4v) is 2.55. The fraction of sp³-hybridized carbons (Fsp3) is 0.467. The molecule has 1 aliphatic heterocycles. The highest BCUT2D eigenvalue weighted by Crippen LogP contribution is 2.33. The Hall–Kier alpha value is -1.84. The predicted molar refractivity (Wildman–Crippen MR) is 72.0 cm³/mol. The van der Waals surface area contributed by atoms with Crippen LogP contribution in [0.1, 0.15) is 25.3 Å². The SMILES string of the molecule is CCOC(=O)N1CCC(C=O)(c2ccccc2)CC1. The maximum absolute atomic E-state index is 11.6. The van der Waals surface area contributed by atoms with E-state index >= 15 is 0 Å². The number of carbonyl (C=O) groups is 2. The summed E-state index contributed by atoms with van der Waals surface area (Å²) in [6, 6.07) is 9.79. The Morgan fingerprint density at radius 1 is 1.32 bits per heavy atom. The van der Waals surface area contributed by atoms with Gasteiger partial charge in [0.25, 0.3) is 0 Å². The van der Waals surface area contributed by atoms with Gasteiger partial charge in [0.05, 0.1) is 12.0 Å². The van der Waals surface area contributed by atoms with Crippen LogP contribution in [0.15, 0.2) is 30.3 Å². The van der Waals surface area contributed by atoms with Crippen LogP contribution in [0.5, 0.6) is 0 Å². The van der Waals surface area contributed by atoms with E-state index in [1.165, 1.54) is 0 Å². The number of amides is 1. The lowest BCUT2D eigenvalue weighted by atomic mass is 9.74. The molecule has 0 aromatic heterocycles. The molecule has 1 aromatic rings. The van der Waals surface area contributed by atoms with Crippen molar-refractivity contribution in [1.82, 2.24) is 4.90 Å². The molecule has 1 aliphatic rings. The molecule has 19 heavy (non-hydrogen) atoms. The number of likely N-dealkylation sites (tertiary alicyclic amines) is 1. The lowest BCUT2D eigenvalue weighted by Gasteiger charge is -2.38. The van der Waals surface area contributed by atoms with Crippen molar-refractivity contribution in [2.75, 3.05) is 19.7 Å². The van der Waals surface area contributed by atoms with Gasteiger partial charge in [-0.05, 0) is 25.3 Å². The van der Waals surface area contributed by atoms with Crippen LogP contribution in [-0.2, 0) is 14.9 Å². The molecule has 1 fully saturated rings. The summed E-state index contributed by atoms with van der Waals surface area (Å²) >= 11 is 0. The smallest absolute Gasteiger partial charge is 0.409 e. The predicted octanol–water partition coefficient (Wildman–Crippen LogP) is 2.38. The second-order valence-corrected chi connectivity index (χ2v) is 4.83. The van der Waals surface area contributed by atoms with Crippen molar-refractivity contribution in [2.45, 2.75) is 25.2 Å². The van der Waals surface area contributed by atoms with Crippen LogP contribution in [0.2, 0.25) is 0 Å². The van der Waals surface area contributed by atoms with Crippen molar-refractivity contribution in [3.63, 3.8) is 0 Å². The molecule has 0 saturated carbocycles. The Labute approximate surface area is 113 Å². The summed E-state index contributed by atoms with van der Waals surface area (Å²) in [5.41, 5.74) is 0.582. The van der Waals surface area contributed by atoms with Crippen LogP contribution in [0, 0.1) is 0 Å². The van der Waals surface area contributed by atoms with Gasteiger partial charge in [-0.3, -0.25) is 0 Å². The Bertz CT molecular complexity index is 436. The van der Waals surface area contributed by atoms with Crippen molar-refractivity contribution in [3.05, 3.63) is 35.9 Å². The number of rotatable bonds is 3. The summed E-state index contributed by atoms with van der Waals surface area (Å²) in [6.07, 6.45) is 2.05. The fourth-order valence-electron chi connectivity index (χ4n) is 2.55. The van der Waals surface area contributed by atoms with Crippen LogP contribution >= 0.6 is 0 Å². The van der Waals surface area contributed by atoms with E-state index in [0.29, 0.717) is 32.5 Å². The van der Waals surface area contributed by atoms with Crippen molar-refractivity contribution >= 4 is 12.4 Å². The standard InChI is InChI=1S/C15H19NO3/c1-2-19-14(18)16-10-8-15(12-17,9-11-16)13-6-4-3-5-7-13/h3-7,12H,2,8-11H2,1H3. The van der Waals surface area contributed by atoms with Gasteiger partial charge in [-0.15, -0.1) is 0 Å². The Morgan fingerprint density at radius 3 is 2.47 bits per heavy atom. The van der Waals surface area contributed by atoms with E-state index in [0.717, 1.165) is 11.8 Å². The van der Waals surface area contributed by atoms with E-state index in [4.69, 9.17) is 4.74 Å². The average molecular weight is 261 g/mol. The molecule has 4 heteroatoms. The van der Waals surface area contributed by atoms with Gasteiger partial charge in [0, 0.05) is 13.1 Å². The summed E-state index contributed by atoms with van der Waals surface area (Å²) in [4.78, 5) is 24.9. The highest BCUT2D eigenvalue weighted by atomic mass is 16.6. The minimum absolute atomic E-state index is 0.282. The summed E-state index contributed by atoms with van der Waals surface area (Å²) < 4.78 is 4.99. The molecule has 0 radical (unpaired) electrons. The average Bonchev–Trinajstić information content (AvgIpc) is 2.48. The molecule has 1 amide bonds. The number of carbonyl (C=O) groups excluding carboxylic acids is 2. The monoisotopic (exact) mass is 261 g/mol. The van der Waals surface area contributed by atoms with Gasteiger partial charge >= 0.3 is 6.09 Å². The van der Waals surface area contributed by atoms with Crippen LogP contribution < -0.4 is 0 Å². The van der Waals surface area contributed by atoms with Crippen LogP contribution in [-0.4, -0.2) is 37.0 Å². The zero-order valence-electron chi connectivity index (χ0n) is 11.2. The molecule has 0 aliphatic carbocycles. The highest BCUT2D eigenvalue weighted by Gasteiger charge is 2.37. The zero-order chi connectivity index (χ0) is 13.7. The molecule has 0 N–H and O–H groups in total. The molecule has 1 heterocycles. The zero-order valence-corrected chi connectivity index (χ0v) is 11.2. The first-order chi connectivity index (χ1) is 9.22. The quantitative estimate of drug-likeness (QED) is 0.785. The van der Waals surface area contributed by atoms with E-state index < -0.39 is 5.41 Å². The first kappa shape index (κ1) is 13.6. The third-order valence-electron chi connectivity index (χ3n) is 3.76. The van der Waals surface area contributed by atoms with Gasteiger partial charge in [0.1, 0.15) is 6.29 Å². The van der Waals surface area contributed by atoms with Crippen LogP contribution in [0.25, 0.3) is 0 Å².